The molecule has 0 aromatic carbocycles. The molecule has 1 fully saturated rings. The van der Waals surface area contributed by atoms with Crippen molar-refractivity contribution in [2.75, 3.05) is 18.9 Å². The van der Waals surface area contributed by atoms with Crippen LogP contribution in [0.4, 0.5) is 5.82 Å². The molecule has 1 saturated heterocycles. The molecule has 4 N–H and O–H groups in total. The molecule has 126 valence electrons. The summed E-state index contributed by atoms with van der Waals surface area (Å²) in [6, 6.07) is 1.60. The summed E-state index contributed by atoms with van der Waals surface area (Å²) in [6.45, 7) is 3.47. The number of nitrogen functional groups attached to an aromatic ring is 1. The second kappa shape index (κ2) is 10.2. The van der Waals surface area contributed by atoms with Gasteiger partial charge in [0.15, 0.2) is 0 Å². The molecule has 9 heteroatoms. The molecule has 1 aromatic heterocycles. The van der Waals surface area contributed by atoms with Crippen LogP contribution >= 0.6 is 0 Å². The number of aromatic nitrogens is 2. The predicted molar refractivity (Wildman–Crippen MR) is 82.2 cm³/mol. The molecular formula is C13H23N3O5Po. The molecule has 2 atom stereocenters. The van der Waals surface area contributed by atoms with Crippen LogP contribution in [0.2, 0.25) is 0 Å². The molecule has 0 unspecified atom stereocenters. The van der Waals surface area contributed by atoms with E-state index in [4.69, 9.17) is 16.0 Å². The fourth-order valence-electron chi connectivity index (χ4n) is 2.03. The van der Waals surface area contributed by atoms with E-state index in [1.165, 1.54) is 4.57 Å². The van der Waals surface area contributed by atoms with E-state index in [2.05, 4.69) is 11.9 Å². The fraction of sp³-hybridized carbons (Fsp3) is 0.692. The van der Waals surface area contributed by atoms with Crippen LogP contribution in [0.15, 0.2) is 17.1 Å². The Kier molecular flexibility index (Phi) is 9.06. The van der Waals surface area contributed by atoms with Crippen molar-refractivity contribution in [3.05, 3.63) is 22.7 Å². The van der Waals surface area contributed by atoms with E-state index in [9.17, 15) is 4.79 Å². The van der Waals surface area contributed by atoms with E-state index < -0.39 is 24.5 Å². The van der Waals surface area contributed by atoms with Crippen molar-refractivity contribution < 1.29 is 15.8 Å². The molecule has 0 radical (unpaired) electrons. The average Bonchev–Trinajstić information content (AvgIpc) is 2.91. The van der Waals surface area contributed by atoms with Crippen LogP contribution in [0.1, 0.15) is 38.8 Å². The van der Waals surface area contributed by atoms with Crippen molar-refractivity contribution in [1.29, 1.82) is 0 Å². The summed E-state index contributed by atoms with van der Waals surface area (Å²) in [6.07, 6.45) is 5.24. The Morgan fingerprint density at radius 2 is 2.32 bits per heavy atom. The molecule has 0 spiro atoms. The normalized spacial score (nSPS) is 20.8. The molecule has 1 aliphatic heterocycles. The van der Waals surface area contributed by atoms with Crippen LogP contribution in [0.25, 0.3) is 0 Å². The fourth-order valence-corrected chi connectivity index (χ4v) is 3.83. The smallest absolute Gasteiger partial charge is 0.412 e. The third-order valence-electron chi connectivity index (χ3n) is 3.18. The van der Waals surface area contributed by atoms with Gasteiger partial charge in [-0.05, 0) is 0 Å². The SMILES string of the molecule is CCCC[O][Po][O]C[C@@H]1CC[C@H](n2ccc(N)nc2=O)O1.O. The Morgan fingerprint density at radius 1 is 1.50 bits per heavy atom. The van der Waals surface area contributed by atoms with Gasteiger partial charge in [0.1, 0.15) is 0 Å². The third kappa shape index (κ3) is 5.90. The molecule has 22 heavy (non-hydrogen) atoms. The van der Waals surface area contributed by atoms with E-state index in [0.29, 0.717) is 6.61 Å². The van der Waals surface area contributed by atoms with E-state index >= 15 is 0 Å². The number of rotatable bonds is 8. The Bertz CT molecular complexity index is 499. The summed E-state index contributed by atoms with van der Waals surface area (Å²) < 4.78 is 18.4. The Labute approximate surface area is 142 Å². The maximum absolute atomic E-state index is 11.7. The van der Waals surface area contributed by atoms with Gasteiger partial charge in [-0.3, -0.25) is 0 Å². The molecule has 0 saturated carbocycles. The maximum Gasteiger partial charge on any atom is -0.412 e. The van der Waals surface area contributed by atoms with Crippen molar-refractivity contribution >= 4 is 30.3 Å². The average molecular weight is 510 g/mol. The summed E-state index contributed by atoms with van der Waals surface area (Å²) in [5.41, 5.74) is 5.10. The number of nitrogens with two attached hydrogens (primary N) is 1. The molecular weight excluding hydrogens is 487 g/mol. The number of hydrogen-bond acceptors (Lipinski definition) is 6. The van der Waals surface area contributed by atoms with Gasteiger partial charge in [-0.2, -0.15) is 0 Å². The number of ether oxygens (including phenoxy) is 1. The van der Waals surface area contributed by atoms with Gasteiger partial charge >= 0.3 is 137 Å². The zero-order valence-electron chi connectivity index (χ0n) is 12.6. The Balaban J connectivity index is 0.00000242. The molecule has 1 aliphatic rings. The van der Waals surface area contributed by atoms with Crippen LogP contribution in [0.3, 0.4) is 0 Å². The topological polar surface area (TPSA) is 120 Å². The Hall–Kier alpha value is -0.584. The number of hydrogen-bond donors (Lipinski definition) is 1. The maximum atomic E-state index is 11.7. The van der Waals surface area contributed by atoms with Crippen LogP contribution in [-0.4, -0.2) is 58.8 Å². The van der Waals surface area contributed by atoms with Gasteiger partial charge in [0.05, 0.1) is 0 Å². The van der Waals surface area contributed by atoms with Gasteiger partial charge < -0.3 is 5.48 Å². The molecule has 2 heterocycles. The van der Waals surface area contributed by atoms with E-state index in [1.54, 1.807) is 12.3 Å². The van der Waals surface area contributed by atoms with Crippen molar-refractivity contribution in [3.8, 4) is 0 Å². The quantitative estimate of drug-likeness (QED) is 0.494. The molecule has 0 bridgehead atoms. The van der Waals surface area contributed by atoms with Crippen molar-refractivity contribution in [3.63, 3.8) is 0 Å². The first-order valence-corrected chi connectivity index (χ1v) is 9.71. The van der Waals surface area contributed by atoms with Gasteiger partial charge in [-0.15, -0.1) is 0 Å². The molecule has 0 amide bonds. The minimum Gasteiger partial charge on any atom is -0.412 e. The minimum absolute atomic E-state index is 0. The van der Waals surface area contributed by atoms with Crippen LogP contribution < -0.4 is 11.4 Å². The second-order valence-electron chi connectivity index (χ2n) is 4.86. The number of unbranched alkanes of at least 4 members (excludes halogenated alkanes) is 1. The van der Waals surface area contributed by atoms with Gasteiger partial charge in [0, 0.05) is 0 Å². The Morgan fingerprint density at radius 3 is 3.05 bits per heavy atom. The molecule has 0 aliphatic carbocycles. The standard InChI is InChI=1S/C9H12N3O3.C4H9O.H2O.Po/c10-7-3-4-12(9(14)11-7)8-2-1-6(5-13)15-8;1-2-3-4-5;;/h3-4,6,8H,1-2,5H2,(H2,10,11,14);2-4H2,1H3;1H2;/q2*-1;;+2/t6-,8+;;;/m0.../s1. The van der Waals surface area contributed by atoms with E-state index in [-0.39, 0.29) is 29.3 Å². The van der Waals surface area contributed by atoms with Gasteiger partial charge in [-0.1, -0.05) is 0 Å². The molecule has 8 nitrogen and oxygen atoms in total. The summed E-state index contributed by atoms with van der Waals surface area (Å²) in [5, 5.41) is 0. The summed E-state index contributed by atoms with van der Waals surface area (Å²) in [7, 11) is 0. The predicted octanol–water partition coefficient (Wildman–Crippen LogP) is 0.0459. The molecule has 2 rings (SSSR count). The summed E-state index contributed by atoms with van der Waals surface area (Å²) >= 11 is -1.15. The first kappa shape index (κ1) is 19.5. The van der Waals surface area contributed by atoms with E-state index in [0.717, 1.165) is 32.3 Å². The van der Waals surface area contributed by atoms with Crippen molar-refractivity contribution in [2.45, 2.75) is 44.9 Å². The first-order chi connectivity index (χ1) is 10.2. The van der Waals surface area contributed by atoms with Gasteiger partial charge in [0.25, 0.3) is 0 Å². The van der Waals surface area contributed by atoms with Crippen LogP contribution in [-0.2, 0) is 10.3 Å². The van der Waals surface area contributed by atoms with Gasteiger partial charge in [-0.25, -0.2) is 0 Å². The van der Waals surface area contributed by atoms with Crippen LogP contribution in [0, 0.1) is 0 Å². The second-order valence-corrected chi connectivity index (χ2v) is 7.22. The van der Waals surface area contributed by atoms with Crippen molar-refractivity contribution in [1.82, 2.24) is 9.55 Å². The van der Waals surface area contributed by atoms with Crippen LogP contribution in [0.5, 0.6) is 0 Å². The van der Waals surface area contributed by atoms with Gasteiger partial charge in [0.2, 0.25) is 0 Å². The number of anilines is 1. The summed E-state index contributed by atoms with van der Waals surface area (Å²) in [4.78, 5) is 15.5. The number of nitrogens with zero attached hydrogens (tertiary/aromatic N) is 2. The van der Waals surface area contributed by atoms with E-state index in [1.807, 2.05) is 0 Å². The largest absolute Gasteiger partial charge is 0.412 e. The minimum atomic E-state index is -1.15. The zero-order valence-corrected chi connectivity index (χ0v) is 15.7. The summed E-state index contributed by atoms with van der Waals surface area (Å²) in [5.74, 6) is 0.227. The van der Waals surface area contributed by atoms with Crippen molar-refractivity contribution in [2.24, 2.45) is 0 Å². The zero-order chi connectivity index (χ0) is 15.1. The monoisotopic (exact) mass is 510 g/mol. The molecule has 1 aromatic rings. The third-order valence-corrected chi connectivity index (χ3v) is 5.10. The first-order valence-electron chi connectivity index (χ1n) is 7.12.